The van der Waals surface area contributed by atoms with Gasteiger partial charge in [-0.3, -0.25) is 4.90 Å². The first-order chi connectivity index (χ1) is 10.3. The first-order valence-electron chi connectivity index (χ1n) is 7.71. The molecule has 108 valence electrons. The molecule has 0 radical (unpaired) electrons. The second-order valence-corrected chi connectivity index (χ2v) is 6.39. The van der Waals surface area contributed by atoms with Gasteiger partial charge >= 0.3 is 0 Å². The molecule has 3 atom stereocenters. The number of nitriles is 1. The van der Waals surface area contributed by atoms with Crippen LogP contribution in [0.25, 0.3) is 5.52 Å². The second kappa shape index (κ2) is 4.87. The lowest BCUT2D eigenvalue weighted by molar-refractivity contribution is 0.231. The van der Waals surface area contributed by atoms with E-state index in [4.69, 9.17) is 0 Å². The predicted molar refractivity (Wildman–Crippen MR) is 81.8 cm³/mol. The van der Waals surface area contributed by atoms with E-state index in [1.165, 1.54) is 0 Å². The lowest BCUT2D eigenvalue weighted by atomic mass is 9.95. The van der Waals surface area contributed by atoms with E-state index in [0.717, 1.165) is 54.7 Å². The number of nitrogens with zero attached hydrogens (tertiary/aromatic N) is 3. The minimum absolute atomic E-state index is 0.597. The zero-order valence-electron chi connectivity index (χ0n) is 12.3. The van der Waals surface area contributed by atoms with Crippen LogP contribution in [0.1, 0.15) is 18.1 Å². The normalized spacial score (nSPS) is 28.9. The van der Waals surface area contributed by atoms with Crippen LogP contribution in [0.2, 0.25) is 0 Å². The summed E-state index contributed by atoms with van der Waals surface area (Å²) in [6.45, 7) is 6.66. The van der Waals surface area contributed by atoms with Gasteiger partial charge in [0.15, 0.2) is 0 Å². The molecule has 2 aliphatic rings. The summed E-state index contributed by atoms with van der Waals surface area (Å²) in [5.74, 6) is 1.55. The van der Waals surface area contributed by atoms with Gasteiger partial charge in [0.05, 0.1) is 11.1 Å². The summed E-state index contributed by atoms with van der Waals surface area (Å²) in [6.07, 6.45) is 4.14. The van der Waals surface area contributed by atoms with E-state index in [-0.39, 0.29) is 0 Å². The molecule has 2 aromatic rings. The molecule has 4 rings (SSSR count). The number of rotatable bonds is 2. The highest BCUT2D eigenvalue weighted by atomic mass is 15.2. The zero-order valence-corrected chi connectivity index (χ0v) is 12.3. The summed E-state index contributed by atoms with van der Waals surface area (Å²) in [5, 5.41) is 13.0. The largest absolute Gasteiger partial charge is 0.322 e. The van der Waals surface area contributed by atoms with Gasteiger partial charge in [-0.1, -0.05) is 6.07 Å². The molecule has 4 heteroatoms. The maximum absolute atomic E-state index is 9.51. The molecule has 2 fully saturated rings. The Labute approximate surface area is 125 Å². The molecule has 0 amide bonds. The summed E-state index contributed by atoms with van der Waals surface area (Å²) < 4.78 is 2.07. The Morgan fingerprint density at radius 3 is 3.10 bits per heavy atom. The number of fused-ring (bicyclic) bond motifs is 2. The SMILES string of the molecule is CC1C2CNCC2CN1Cc1cn2ccccc2c1C#N. The van der Waals surface area contributed by atoms with E-state index in [1.54, 1.807) is 0 Å². The molecule has 2 saturated heterocycles. The molecule has 0 aromatic carbocycles. The minimum Gasteiger partial charge on any atom is -0.322 e. The first-order valence-corrected chi connectivity index (χ1v) is 7.71. The molecule has 2 aromatic heterocycles. The van der Waals surface area contributed by atoms with Gasteiger partial charge in [-0.2, -0.15) is 5.26 Å². The van der Waals surface area contributed by atoms with Crippen LogP contribution in [0.4, 0.5) is 0 Å². The van der Waals surface area contributed by atoms with Crippen LogP contribution in [-0.4, -0.2) is 35.0 Å². The average Bonchev–Trinajstić information content (AvgIpc) is 3.15. The Kier molecular flexibility index (Phi) is 2.99. The molecular formula is C17H20N4. The Balaban J connectivity index is 1.64. The van der Waals surface area contributed by atoms with Gasteiger partial charge in [0.1, 0.15) is 6.07 Å². The average molecular weight is 280 g/mol. The van der Waals surface area contributed by atoms with Crippen LogP contribution < -0.4 is 5.32 Å². The van der Waals surface area contributed by atoms with Crippen molar-refractivity contribution < 1.29 is 0 Å². The molecule has 1 N–H and O–H groups in total. The quantitative estimate of drug-likeness (QED) is 0.913. The van der Waals surface area contributed by atoms with Crippen LogP contribution in [0.15, 0.2) is 30.6 Å². The van der Waals surface area contributed by atoms with Crippen molar-refractivity contribution in [2.45, 2.75) is 19.5 Å². The van der Waals surface area contributed by atoms with Crippen LogP contribution in [0.5, 0.6) is 0 Å². The number of pyridine rings is 1. The number of nitrogens with one attached hydrogen (secondary N) is 1. The van der Waals surface area contributed by atoms with Gasteiger partial charge in [-0.05, 0) is 44.0 Å². The van der Waals surface area contributed by atoms with E-state index in [2.05, 4.69) is 33.8 Å². The van der Waals surface area contributed by atoms with Crippen LogP contribution in [0.3, 0.4) is 0 Å². The zero-order chi connectivity index (χ0) is 14.4. The smallest absolute Gasteiger partial charge is 0.102 e. The van der Waals surface area contributed by atoms with Crippen LogP contribution >= 0.6 is 0 Å². The predicted octanol–water partition coefficient (Wildman–Crippen LogP) is 1.85. The molecule has 21 heavy (non-hydrogen) atoms. The fourth-order valence-electron chi connectivity index (χ4n) is 4.11. The molecule has 2 aliphatic heterocycles. The van der Waals surface area contributed by atoms with Crippen molar-refractivity contribution in [3.63, 3.8) is 0 Å². The number of aromatic nitrogens is 1. The van der Waals surface area contributed by atoms with E-state index in [9.17, 15) is 5.26 Å². The maximum Gasteiger partial charge on any atom is 0.102 e. The third-order valence-corrected chi connectivity index (χ3v) is 5.30. The van der Waals surface area contributed by atoms with Crippen LogP contribution in [0, 0.1) is 23.2 Å². The van der Waals surface area contributed by atoms with Gasteiger partial charge in [0.25, 0.3) is 0 Å². The summed E-state index contributed by atoms with van der Waals surface area (Å²) in [4.78, 5) is 2.55. The monoisotopic (exact) mass is 280 g/mol. The van der Waals surface area contributed by atoms with Crippen molar-refractivity contribution in [1.29, 1.82) is 5.26 Å². The summed E-state index contributed by atoms with van der Waals surface area (Å²) in [7, 11) is 0. The van der Waals surface area contributed by atoms with E-state index in [0.29, 0.717) is 6.04 Å². The van der Waals surface area contributed by atoms with E-state index in [1.807, 2.05) is 24.4 Å². The molecular weight excluding hydrogens is 260 g/mol. The van der Waals surface area contributed by atoms with Crippen molar-refractivity contribution in [3.8, 4) is 6.07 Å². The van der Waals surface area contributed by atoms with E-state index < -0.39 is 0 Å². The Hall–Kier alpha value is -1.83. The van der Waals surface area contributed by atoms with Crippen LogP contribution in [-0.2, 0) is 6.54 Å². The van der Waals surface area contributed by atoms with Gasteiger partial charge in [0, 0.05) is 37.1 Å². The van der Waals surface area contributed by atoms with E-state index >= 15 is 0 Å². The van der Waals surface area contributed by atoms with Gasteiger partial charge < -0.3 is 9.72 Å². The number of likely N-dealkylation sites (tertiary alicyclic amines) is 1. The number of hydrogen-bond acceptors (Lipinski definition) is 3. The van der Waals surface area contributed by atoms with Crippen molar-refractivity contribution in [2.75, 3.05) is 19.6 Å². The molecule has 0 saturated carbocycles. The lowest BCUT2D eigenvalue weighted by Crippen LogP contribution is -2.32. The number of hydrogen-bond donors (Lipinski definition) is 1. The van der Waals surface area contributed by atoms with Crippen molar-refractivity contribution in [2.24, 2.45) is 11.8 Å². The minimum atomic E-state index is 0.597. The molecule has 4 heterocycles. The topological polar surface area (TPSA) is 43.5 Å². The lowest BCUT2D eigenvalue weighted by Gasteiger charge is -2.23. The van der Waals surface area contributed by atoms with Gasteiger partial charge in [-0.15, -0.1) is 0 Å². The van der Waals surface area contributed by atoms with Gasteiger partial charge in [-0.25, -0.2) is 0 Å². The Morgan fingerprint density at radius 2 is 2.29 bits per heavy atom. The molecule has 0 aliphatic carbocycles. The third-order valence-electron chi connectivity index (χ3n) is 5.30. The van der Waals surface area contributed by atoms with Crippen molar-refractivity contribution >= 4 is 5.52 Å². The van der Waals surface area contributed by atoms with Crippen molar-refractivity contribution in [1.82, 2.24) is 14.6 Å². The highest BCUT2D eigenvalue weighted by molar-refractivity contribution is 5.65. The molecule has 3 unspecified atom stereocenters. The fourth-order valence-corrected chi connectivity index (χ4v) is 4.11. The Morgan fingerprint density at radius 1 is 1.38 bits per heavy atom. The Bertz CT molecular complexity index is 711. The highest BCUT2D eigenvalue weighted by Crippen LogP contribution is 2.34. The highest BCUT2D eigenvalue weighted by Gasteiger charge is 2.41. The summed E-state index contributed by atoms with van der Waals surface area (Å²) in [5.41, 5.74) is 3.00. The molecule has 4 nitrogen and oxygen atoms in total. The standard InChI is InChI=1S/C17H20N4/c1-12-16-8-19-7-13(16)9-21(12)11-14-10-20-5-3-2-4-17(20)15(14)6-18/h2-5,10,12-13,16,19H,7-9,11H2,1H3. The fraction of sp³-hybridized carbons (Fsp3) is 0.471. The third kappa shape index (κ3) is 1.97. The first kappa shape index (κ1) is 12.9. The summed E-state index contributed by atoms with van der Waals surface area (Å²) >= 11 is 0. The molecule has 0 spiro atoms. The second-order valence-electron chi connectivity index (χ2n) is 6.39. The molecule has 0 bridgehead atoms. The van der Waals surface area contributed by atoms with Crippen molar-refractivity contribution in [3.05, 3.63) is 41.7 Å². The maximum atomic E-state index is 9.51. The van der Waals surface area contributed by atoms with Gasteiger partial charge in [0.2, 0.25) is 0 Å². The summed E-state index contributed by atoms with van der Waals surface area (Å²) in [6, 6.07) is 9.02.